The van der Waals surface area contributed by atoms with E-state index in [4.69, 9.17) is 21.1 Å². The van der Waals surface area contributed by atoms with Gasteiger partial charge in [-0.05, 0) is 5.56 Å². The number of ether oxygens (including phenoxy) is 2. The summed E-state index contributed by atoms with van der Waals surface area (Å²) in [6.45, 7) is 0.248. The first-order chi connectivity index (χ1) is 11.1. The summed E-state index contributed by atoms with van der Waals surface area (Å²) in [5.41, 5.74) is 1.09. The molecule has 0 aliphatic rings. The molecule has 0 radical (unpaired) electrons. The van der Waals surface area contributed by atoms with Crippen molar-refractivity contribution in [1.82, 2.24) is 4.98 Å². The second kappa shape index (κ2) is 6.38. The lowest BCUT2D eigenvalue weighted by Crippen LogP contribution is -2.00. The zero-order chi connectivity index (χ0) is 16.4. The zero-order valence-corrected chi connectivity index (χ0v) is 12.9. The third kappa shape index (κ3) is 3.05. The van der Waals surface area contributed by atoms with Crippen LogP contribution in [0.1, 0.15) is 5.56 Å². The molecule has 0 unspecified atom stereocenters. The number of rotatable bonds is 4. The molecule has 118 valence electrons. The van der Waals surface area contributed by atoms with E-state index in [0.717, 1.165) is 11.6 Å². The van der Waals surface area contributed by atoms with Crippen LogP contribution in [0.5, 0.6) is 11.5 Å². The van der Waals surface area contributed by atoms with Crippen LogP contribution in [0.3, 0.4) is 0 Å². The number of hydrogen-bond acceptors (Lipinski definition) is 3. The van der Waals surface area contributed by atoms with E-state index in [2.05, 4.69) is 4.98 Å². The van der Waals surface area contributed by atoms with Crippen LogP contribution in [0.25, 0.3) is 10.9 Å². The molecule has 0 fully saturated rings. The van der Waals surface area contributed by atoms with E-state index in [1.54, 1.807) is 0 Å². The van der Waals surface area contributed by atoms with Crippen LogP contribution in [-0.2, 0) is 6.61 Å². The van der Waals surface area contributed by atoms with Crippen molar-refractivity contribution in [2.75, 3.05) is 7.11 Å². The highest BCUT2D eigenvalue weighted by Gasteiger charge is 2.19. The Morgan fingerprint density at radius 1 is 1.13 bits per heavy atom. The molecule has 6 heteroatoms. The molecular formula is C17H12ClF2NO2. The van der Waals surface area contributed by atoms with Gasteiger partial charge in [-0.25, -0.2) is 9.37 Å². The SMILES string of the molecule is COc1c(F)c(F)cc2nc(Cl)cc(OCc3ccccc3)c12. The molecule has 0 N–H and O–H groups in total. The van der Waals surface area contributed by atoms with Crippen molar-refractivity contribution in [3.8, 4) is 11.5 Å². The number of aromatic nitrogens is 1. The third-order valence-corrected chi connectivity index (χ3v) is 3.51. The average Bonchev–Trinajstić information content (AvgIpc) is 2.55. The Balaban J connectivity index is 2.10. The molecule has 3 aromatic rings. The van der Waals surface area contributed by atoms with Gasteiger partial charge < -0.3 is 9.47 Å². The summed E-state index contributed by atoms with van der Waals surface area (Å²) in [5, 5.41) is 0.361. The second-order valence-electron chi connectivity index (χ2n) is 4.82. The average molecular weight is 336 g/mol. The lowest BCUT2D eigenvalue weighted by Gasteiger charge is -2.13. The van der Waals surface area contributed by atoms with Gasteiger partial charge in [-0.15, -0.1) is 0 Å². The molecule has 0 bridgehead atoms. The minimum atomic E-state index is -1.09. The van der Waals surface area contributed by atoms with E-state index in [0.29, 0.717) is 0 Å². The number of nitrogens with zero attached hydrogens (tertiary/aromatic N) is 1. The molecule has 0 aliphatic carbocycles. The third-order valence-electron chi connectivity index (χ3n) is 3.32. The number of fused-ring (bicyclic) bond motifs is 1. The molecule has 23 heavy (non-hydrogen) atoms. The van der Waals surface area contributed by atoms with Crippen LogP contribution in [0.4, 0.5) is 8.78 Å². The van der Waals surface area contributed by atoms with Gasteiger partial charge >= 0.3 is 0 Å². The Bertz CT molecular complexity index is 856. The van der Waals surface area contributed by atoms with Gasteiger partial charge in [0.15, 0.2) is 11.6 Å². The lowest BCUT2D eigenvalue weighted by molar-refractivity contribution is 0.307. The zero-order valence-electron chi connectivity index (χ0n) is 12.1. The Labute approximate surface area is 136 Å². The highest BCUT2D eigenvalue weighted by atomic mass is 35.5. The van der Waals surface area contributed by atoms with Crippen LogP contribution in [0.2, 0.25) is 5.15 Å². The molecule has 0 spiro atoms. The number of methoxy groups -OCH3 is 1. The molecule has 0 atom stereocenters. The maximum Gasteiger partial charge on any atom is 0.201 e. The molecule has 1 aromatic heterocycles. The van der Waals surface area contributed by atoms with Crippen LogP contribution < -0.4 is 9.47 Å². The fourth-order valence-electron chi connectivity index (χ4n) is 2.28. The molecule has 3 rings (SSSR count). The van der Waals surface area contributed by atoms with Gasteiger partial charge in [0, 0.05) is 12.1 Å². The van der Waals surface area contributed by atoms with Crippen molar-refractivity contribution in [3.05, 3.63) is 64.8 Å². The molecule has 0 saturated carbocycles. The first-order valence-electron chi connectivity index (χ1n) is 6.79. The van der Waals surface area contributed by atoms with E-state index < -0.39 is 11.6 Å². The number of hydrogen-bond donors (Lipinski definition) is 0. The summed E-state index contributed by atoms with van der Waals surface area (Å²) in [4.78, 5) is 4.00. The Morgan fingerprint density at radius 2 is 1.87 bits per heavy atom. The first kappa shape index (κ1) is 15.5. The maximum atomic E-state index is 14.0. The molecular weight excluding hydrogens is 324 g/mol. The number of halogens is 3. The van der Waals surface area contributed by atoms with Crippen molar-refractivity contribution in [2.24, 2.45) is 0 Å². The van der Waals surface area contributed by atoms with Crippen LogP contribution in [-0.4, -0.2) is 12.1 Å². The molecule has 3 nitrogen and oxygen atoms in total. The van der Waals surface area contributed by atoms with Gasteiger partial charge in [-0.1, -0.05) is 41.9 Å². The van der Waals surface area contributed by atoms with Gasteiger partial charge in [0.05, 0.1) is 18.0 Å². The van der Waals surface area contributed by atoms with E-state index in [1.807, 2.05) is 30.3 Å². The Hall–Kier alpha value is -2.40. The Morgan fingerprint density at radius 3 is 2.57 bits per heavy atom. The summed E-state index contributed by atoms with van der Waals surface area (Å²) in [6, 6.07) is 11.9. The van der Waals surface area contributed by atoms with E-state index >= 15 is 0 Å². The van der Waals surface area contributed by atoms with Gasteiger partial charge in [-0.3, -0.25) is 0 Å². The topological polar surface area (TPSA) is 31.4 Å². The largest absolute Gasteiger partial charge is 0.493 e. The highest BCUT2D eigenvalue weighted by Crippen LogP contribution is 2.38. The monoisotopic (exact) mass is 335 g/mol. The standard InChI is InChI=1S/C17H12ClF2NO2/c1-22-17-15-12(7-11(19)16(17)20)21-14(18)8-13(15)23-9-10-5-3-2-4-6-10/h2-8H,9H2,1H3. The van der Waals surface area contributed by atoms with Gasteiger partial charge in [0.25, 0.3) is 0 Å². The molecule has 1 heterocycles. The quantitative estimate of drug-likeness (QED) is 0.644. The summed E-state index contributed by atoms with van der Waals surface area (Å²) < 4.78 is 38.3. The number of pyridine rings is 1. The highest BCUT2D eigenvalue weighted by molar-refractivity contribution is 6.30. The van der Waals surface area contributed by atoms with E-state index in [9.17, 15) is 8.78 Å². The van der Waals surface area contributed by atoms with Crippen molar-refractivity contribution >= 4 is 22.5 Å². The molecule has 0 saturated heterocycles. The predicted molar refractivity (Wildman–Crippen MR) is 84.0 cm³/mol. The smallest absolute Gasteiger partial charge is 0.201 e. The summed E-state index contributed by atoms with van der Waals surface area (Å²) in [6.07, 6.45) is 0. The maximum absolute atomic E-state index is 14.0. The van der Waals surface area contributed by atoms with Gasteiger partial charge in [0.2, 0.25) is 5.82 Å². The fourth-order valence-corrected chi connectivity index (χ4v) is 2.48. The van der Waals surface area contributed by atoms with Crippen LogP contribution in [0, 0.1) is 11.6 Å². The summed E-state index contributed by atoms with van der Waals surface area (Å²) in [7, 11) is 1.26. The van der Waals surface area contributed by atoms with Gasteiger partial charge in [-0.2, -0.15) is 4.39 Å². The van der Waals surface area contributed by atoms with Crippen LogP contribution in [0.15, 0.2) is 42.5 Å². The molecule has 0 aliphatic heterocycles. The van der Waals surface area contributed by atoms with Crippen molar-refractivity contribution < 1.29 is 18.3 Å². The lowest BCUT2D eigenvalue weighted by atomic mass is 10.1. The minimum Gasteiger partial charge on any atom is -0.493 e. The van der Waals surface area contributed by atoms with Gasteiger partial charge in [0.1, 0.15) is 17.5 Å². The number of benzene rings is 2. The normalized spacial score (nSPS) is 10.8. The first-order valence-corrected chi connectivity index (χ1v) is 7.17. The fraction of sp³-hybridized carbons (Fsp3) is 0.118. The van der Waals surface area contributed by atoms with Crippen LogP contribution >= 0.6 is 11.6 Å². The molecule has 2 aromatic carbocycles. The van der Waals surface area contributed by atoms with Crippen molar-refractivity contribution in [2.45, 2.75) is 6.61 Å². The second-order valence-corrected chi connectivity index (χ2v) is 5.20. The van der Waals surface area contributed by atoms with E-state index in [1.165, 1.54) is 13.2 Å². The van der Waals surface area contributed by atoms with Crippen molar-refractivity contribution in [1.29, 1.82) is 0 Å². The minimum absolute atomic E-state index is 0.119. The summed E-state index contributed by atoms with van der Waals surface area (Å²) in [5.74, 6) is -2.13. The Kier molecular flexibility index (Phi) is 4.30. The van der Waals surface area contributed by atoms with E-state index in [-0.39, 0.29) is 34.2 Å². The summed E-state index contributed by atoms with van der Waals surface area (Å²) >= 11 is 5.95. The predicted octanol–water partition coefficient (Wildman–Crippen LogP) is 4.75. The molecule has 0 amide bonds. The van der Waals surface area contributed by atoms with Crippen molar-refractivity contribution in [3.63, 3.8) is 0 Å².